The van der Waals surface area contributed by atoms with Gasteiger partial charge in [0.1, 0.15) is 12.4 Å². The van der Waals surface area contributed by atoms with E-state index in [-0.39, 0.29) is 12.5 Å². The lowest BCUT2D eigenvalue weighted by Crippen LogP contribution is -2.23. The maximum absolute atomic E-state index is 13.0. The van der Waals surface area contributed by atoms with Crippen LogP contribution in [0.1, 0.15) is 23.9 Å². The summed E-state index contributed by atoms with van der Waals surface area (Å²) >= 11 is 7.57. The van der Waals surface area contributed by atoms with Crippen molar-refractivity contribution in [2.45, 2.75) is 37.8 Å². The smallest absolute Gasteiger partial charge is 0.237 e. The van der Waals surface area contributed by atoms with Crippen LogP contribution in [0, 0.1) is 13.8 Å². The third kappa shape index (κ3) is 5.61. The van der Waals surface area contributed by atoms with Gasteiger partial charge in [-0.05, 0) is 62.2 Å². The van der Waals surface area contributed by atoms with Gasteiger partial charge in [0.2, 0.25) is 5.91 Å². The van der Waals surface area contributed by atoms with E-state index in [0.717, 1.165) is 22.5 Å². The summed E-state index contributed by atoms with van der Waals surface area (Å²) in [5, 5.41) is 12.5. The normalized spacial score (nSPS) is 11.8. The van der Waals surface area contributed by atoms with Crippen molar-refractivity contribution < 1.29 is 9.53 Å². The summed E-state index contributed by atoms with van der Waals surface area (Å²) in [7, 11) is 0. The zero-order valence-corrected chi connectivity index (χ0v) is 20.7. The van der Waals surface area contributed by atoms with Crippen molar-refractivity contribution in [2.75, 3.05) is 5.32 Å². The minimum atomic E-state index is -0.399. The van der Waals surface area contributed by atoms with Gasteiger partial charge in [0.15, 0.2) is 11.0 Å². The van der Waals surface area contributed by atoms with E-state index in [1.54, 1.807) is 12.1 Å². The molecule has 0 fully saturated rings. The largest absolute Gasteiger partial charge is 0.484 e. The van der Waals surface area contributed by atoms with Crippen LogP contribution in [0.5, 0.6) is 5.75 Å². The number of aromatic nitrogens is 3. The average Bonchev–Trinajstić information content (AvgIpc) is 3.23. The summed E-state index contributed by atoms with van der Waals surface area (Å²) in [6.45, 7) is 6.01. The number of para-hydroxylation sites is 2. The minimum Gasteiger partial charge on any atom is -0.484 e. The van der Waals surface area contributed by atoms with Crippen LogP contribution in [0.2, 0.25) is 5.02 Å². The molecule has 174 valence electrons. The van der Waals surface area contributed by atoms with E-state index >= 15 is 0 Å². The summed E-state index contributed by atoms with van der Waals surface area (Å²) in [5.74, 6) is 1.08. The number of ether oxygens (including phenoxy) is 1. The Hall–Kier alpha value is -3.29. The van der Waals surface area contributed by atoms with Crippen LogP contribution in [0.4, 0.5) is 5.69 Å². The molecule has 4 aromatic rings. The average molecular weight is 493 g/mol. The van der Waals surface area contributed by atoms with Crippen molar-refractivity contribution >= 4 is 35.0 Å². The molecule has 1 amide bonds. The number of amides is 1. The van der Waals surface area contributed by atoms with Gasteiger partial charge in [0.25, 0.3) is 0 Å². The standard InChI is InChI=1S/C26H25ClN4O2S/c1-17-13-14-18(2)22(15-17)28-25(32)19(3)34-26-30-29-24(31(26)20-9-5-4-6-10-20)16-33-23-12-8-7-11-21(23)27/h4-15,19H,16H2,1-3H3,(H,28,32). The highest BCUT2D eigenvalue weighted by atomic mass is 35.5. The number of hydrogen-bond acceptors (Lipinski definition) is 5. The highest BCUT2D eigenvalue weighted by Gasteiger charge is 2.22. The number of aryl methyl sites for hydroxylation is 2. The van der Waals surface area contributed by atoms with Gasteiger partial charge in [-0.3, -0.25) is 9.36 Å². The van der Waals surface area contributed by atoms with E-state index in [1.807, 2.05) is 86.0 Å². The molecule has 1 atom stereocenters. The van der Waals surface area contributed by atoms with Crippen molar-refractivity contribution in [1.82, 2.24) is 14.8 Å². The number of thioether (sulfide) groups is 1. The van der Waals surface area contributed by atoms with Gasteiger partial charge in [-0.15, -0.1) is 10.2 Å². The number of carbonyl (C=O) groups excluding carboxylic acids is 1. The third-order valence-corrected chi connectivity index (χ3v) is 6.57. The Balaban J connectivity index is 1.55. The van der Waals surface area contributed by atoms with Crippen LogP contribution in [0.3, 0.4) is 0 Å². The van der Waals surface area contributed by atoms with Crippen LogP contribution in [-0.2, 0) is 11.4 Å². The SMILES string of the molecule is Cc1ccc(C)c(NC(=O)C(C)Sc2nnc(COc3ccccc3Cl)n2-c2ccccc2)c1. The van der Waals surface area contributed by atoms with Crippen molar-refractivity contribution in [3.8, 4) is 11.4 Å². The van der Waals surface area contributed by atoms with Crippen molar-refractivity contribution in [3.63, 3.8) is 0 Å². The lowest BCUT2D eigenvalue weighted by Gasteiger charge is -2.15. The first kappa shape index (κ1) is 23.9. The number of halogens is 1. The number of anilines is 1. The second-order valence-electron chi connectivity index (χ2n) is 7.86. The molecule has 6 nitrogen and oxygen atoms in total. The maximum atomic E-state index is 13.0. The molecule has 1 unspecified atom stereocenters. The molecule has 4 rings (SSSR count). The second kappa shape index (κ2) is 10.8. The summed E-state index contributed by atoms with van der Waals surface area (Å²) in [6.07, 6.45) is 0. The molecular weight excluding hydrogens is 468 g/mol. The van der Waals surface area contributed by atoms with E-state index < -0.39 is 5.25 Å². The van der Waals surface area contributed by atoms with E-state index in [1.165, 1.54) is 11.8 Å². The van der Waals surface area contributed by atoms with Crippen molar-refractivity contribution in [1.29, 1.82) is 0 Å². The van der Waals surface area contributed by atoms with E-state index in [4.69, 9.17) is 16.3 Å². The lowest BCUT2D eigenvalue weighted by molar-refractivity contribution is -0.115. The zero-order chi connectivity index (χ0) is 24.1. The molecule has 0 bridgehead atoms. The molecular formula is C26H25ClN4O2S. The van der Waals surface area contributed by atoms with Gasteiger partial charge in [0, 0.05) is 11.4 Å². The highest BCUT2D eigenvalue weighted by molar-refractivity contribution is 8.00. The topological polar surface area (TPSA) is 69.0 Å². The maximum Gasteiger partial charge on any atom is 0.237 e. The van der Waals surface area contributed by atoms with Gasteiger partial charge >= 0.3 is 0 Å². The molecule has 0 saturated heterocycles. The summed E-state index contributed by atoms with van der Waals surface area (Å²) in [4.78, 5) is 13.0. The Morgan fingerprint density at radius 2 is 1.79 bits per heavy atom. The number of nitrogens with one attached hydrogen (secondary N) is 1. The molecule has 0 aliphatic heterocycles. The molecule has 1 heterocycles. The van der Waals surface area contributed by atoms with Gasteiger partial charge in [0.05, 0.1) is 10.3 Å². The first-order valence-corrected chi connectivity index (χ1v) is 12.1. The predicted octanol–water partition coefficient (Wildman–Crippen LogP) is 6.24. The van der Waals surface area contributed by atoms with Gasteiger partial charge in [-0.1, -0.05) is 65.8 Å². The molecule has 0 spiro atoms. The van der Waals surface area contributed by atoms with Crippen LogP contribution >= 0.6 is 23.4 Å². The van der Waals surface area contributed by atoms with Crippen molar-refractivity contribution in [3.05, 3.63) is 94.8 Å². The Kier molecular flexibility index (Phi) is 7.55. The fourth-order valence-electron chi connectivity index (χ4n) is 3.33. The van der Waals surface area contributed by atoms with Crippen molar-refractivity contribution in [2.24, 2.45) is 0 Å². The Morgan fingerprint density at radius 3 is 2.56 bits per heavy atom. The third-order valence-electron chi connectivity index (χ3n) is 5.21. The fourth-order valence-corrected chi connectivity index (χ4v) is 4.40. The summed E-state index contributed by atoms with van der Waals surface area (Å²) in [6, 6.07) is 23.1. The number of rotatable bonds is 8. The first-order valence-electron chi connectivity index (χ1n) is 10.8. The Morgan fingerprint density at radius 1 is 1.06 bits per heavy atom. The molecule has 8 heteroatoms. The van der Waals surface area contributed by atoms with Crippen LogP contribution in [0.25, 0.3) is 5.69 Å². The molecule has 34 heavy (non-hydrogen) atoms. The Bertz CT molecular complexity index is 1290. The number of carbonyl (C=O) groups is 1. The summed E-state index contributed by atoms with van der Waals surface area (Å²) < 4.78 is 7.82. The first-order chi connectivity index (χ1) is 16.4. The molecule has 1 N–H and O–H groups in total. The minimum absolute atomic E-state index is 0.102. The number of nitrogens with zero attached hydrogens (tertiary/aromatic N) is 3. The van der Waals surface area contributed by atoms with E-state index in [9.17, 15) is 4.79 Å². The molecule has 0 saturated carbocycles. The monoisotopic (exact) mass is 492 g/mol. The lowest BCUT2D eigenvalue weighted by atomic mass is 10.1. The molecule has 1 aromatic heterocycles. The second-order valence-corrected chi connectivity index (χ2v) is 9.57. The fraction of sp³-hybridized carbons (Fsp3) is 0.192. The van der Waals surface area contributed by atoms with Crippen LogP contribution in [-0.4, -0.2) is 25.9 Å². The molecule has 0 aliphatic carbocycles. The quantitative estimate of drug-likeness (QED) is 0.295. The molecule has 0 aliphatic rings. The van der Waals surface area contributed by atoms with Crippen LogP contribution in [0.15, 0.2) is 78.0 Å². The van der Waals surface area contributed by atoms with Gasteiger partial charge < -0.3 is 10.1 Å². The molecule has 0 radical (unpaired) electrons. The molecule has 3 aromatic carbocycles. The zero-order valence-electron chi connectivity index (χ0n) is 19.2. The Labute approximate surface area is 208 Å². The van der Waals surface area contributed by atoms with Gasteiger partial charge in [-0.25, -0.2) is 0 Å². The van der Waals surface area contributed by atoms with E-state index in [0.29, 0.717) is 21.8 Å². The predicted molar refractivity (Wildman–Crippen MR) is 137 cm³/mol. The summed E-state index contributed by atoms with van der Waals surface area (Å²) in [5.41, 5.74) is 3.81. The van der Waals surface area contributed by atoms with E-state index in [2.05, 4.69) is 15.5 Å². The number of benzene rings is 3. The highest BCUT2D eigenvalue weighted by Crippen LogP contribution is 2.29. The number of hydrogen-bond donors (Lipinski definition) is 1. The van der Waals surface area contributed by atoms with Crippen LogP contribution < -0.4 is 10.1 Å². The van der Waals surface area contributed by atoms with Gasteiger partial charge in [-0.2, -0.15) is 0 Å².